The fraction of sp³-hybridized carbons (Fsp3) is 0.389. The summed E-state index contributed by atoms with van der Waals surface area (Å²) < 4.78 is 5.51. The molecule has 2 aromatic carbocycles. The Labute approximate surface area is 249 Å². The van der Waals surface area contributed by atoms with E-state index in [1.54, 1.807) is 7.11 Å². The number of unbranched alkanes of at least 4 members (excludes halogenated alkanes) is 1. The summed E-state index contributed by atoms with van der Waals surface area (Å²) in [6.45, 7) is 14.5. The molecule has 216 valence electrons. The molecule has 0 fully saturated rings. The normalized spacial score (nSPS) is 21.7. The third-order valence-electron chi connectivity index (χ3n) is 9.26. The van der Waals surface area contributed by atoms with Crippen molar-refractivity contribution in [3.8, 4) is 11.8 Å². The van der Waals surface area contributed by atoms with Crippen LogP contribution in [-0.4, -0.2) is 37.9 Å². The summed E-state index contributed by atoms with van der Waals surface area (Å²) in [5, 5.41) is 20.0. The molecule has 0 saturated heterocycles. The number of ketones is 1. The van der Waals surface area contributed by atoms with Gasteiger partial charge >= 0.3 is 0 Å². The van der Waals surface area contributed by atoms with Gasteiger partial charge in [-0.15, -0.1) is 0 Å². The van der Waals surface area contributed by atoms with Crippen LogP contribution in [0.4, 0.5) is 11.4 Å². The van der Waals surface area contributed by atoms with Gasteiger partial charge in [0.25, 0.3) is 0 Å². The summed E-state index contributed by atoms with van der Waals surface area (Å²) in [6, 6.07) is 16.5. The number of hydrogen-bond donors (Lipinski definition) is 0. The zero-order valence-corrected chi connectivity index (χ0v) is 25.7. The number of ether oxygens (including phenoxy) is 1. The molecular formula is C36H39N4O2-. The lowest BCUT2D eigenvalue weighted by molar-refractivity contribution is -0.112. The molecule has 2 aliphatic heterocycles. The zero-order valence-electron chi connectivity index (χ0n) is 25.7. The Morgan fingerprint density at radius 3 is 2.48 bits per heavy atom. The summed E-state index contributed by atoms with van der Waals surface area (Å²) in [7, 11) is 1.66. The smallest absolute Gasteiger partial charge is 0.194 e. The molecule has 5 rings (SSSR count). The number of carbonyl (C=O) groups excluding carboxylic acids is 1. The first-order chi connectivity index (χ1) is 20.1. The number of methoxy groups -OCH3 is 1. The number of fused-ring (bicyclic) bond motifs is 2. The summed E-state index contributed by atoms with van der Waals surface area (Å²) >= 11 is 0. The van der Waals surface area contributed by atoms with E-state index < -0.39 is 5.41 Å². The molecule has 1 atom stereocenters. The van der Waals surface area contributed by atoms with Crippen LogP contribution in [-0.2, 0) is 15.6 Å². The Balaban J connectivity index is 1.66. The number of para-hydroxylation sites is 1. The van der Waals surface area contributed by atoms with Crippen LogP contribution >= 0.6 is 0 Å². The minimum absolute atomic E-state index is 0.0286. The molecule has 1 aliphatic carbocycles. The summed E-state index contributed by atoms with van der Waals surface area (Å²) in [5.74, 6) is 2.73. The van der Waals surface area contributed by atoms with Crippen LogP contribution in [0.25, 0.3) is 5.41 Å². The Morgan fingerprint density at radius 1 is 1.10 bits per heavy atom. The lowest BCUT2D eigenvalue weighted by Gasteiger charge is -2.35. The maximum absolute atomic E-state index is 14.0. The van der Waals surface area contributed by atoms with E-state index in [2.05, 4.69) is 99.7 Å². The number of Topliss-reactive ketones (excluding diaryl/α,β-unsaturated/α-hetero) is 1. The quantitative estimate of drug-likeness (QED) is 0.195. The molecule has 42 heavy (non-hydrogen) atoms. The van der Waals surface area contributed by atoms with Gasteiger partial charge in [-0.05, 0) is 60.9 Å². The molecule has 0 saturated carbocycles. The van der Waals surface area contributed by atoms with Crippen molar-refractivity contribution in [2.45, 2.75) is 71.3 Å². The Kier molecular flexibility index (Phi) is 7.51. The van der Waals surface area contributed by atoms with Gasteiger partial charge in [-0.1, -0.05) is 59.2 Å². The summed E-state index contributed by atoms with van der Waals surface area (Å²) in [5.41, 5.74) is 6.21. The van der Waals surface area contributed by atoms with Crippen molar-refractivity contribution >= 4 is 23.0 Å². The summed E-state index contributed by atoms with van der Waals surface area (Å²) in [4.78, 5) is 18.6. The highest BCUT2D eigenvalue weighted by atomic mass is 16.5. The number of hydrogen-bond acceptors (Lipinski definition) is 5. The van der Waals surface area contributed by atoms with E-state index >= 15 is 0 Å². The van der Waals surface area contributed by atoms with Crippen LogP contribution in [0, 0.1) is 11.3 Å². The third-order valence-corrected chi connectivity index (χ3v) is 9.26. The van der Waals surface area contributed by atoms with E-state index in [-0.39, 0.29) is 22.8 Å². The number of carbonyl (C=O) groups is 1. The number of allylic oxidation sites excluding steroid dienone is 6. The van der Waals surface area contributed by atoms with Gasteiger partial charge in [-0.2, -0.15) is 5.26 Å². The lowest BCUT2D eigenvalue weighted by Crippen LogP contribution is -2.42. The predicted molar refractivity (Wildman–Crippen MR) is 170 cm³/mol. The molecule has 0 amide bonds. The fourth-order valence-corrected chi connectivity index (χ4v) is 6.89. The average molecular weight is 560 g/mol. The zero-order chi connectivity index (χ0) is 30.4. The molecule has 1 unspecified atom stereocenters. The summed E-state index contributed by atoms with van der Waals surface area (Å²) in [6.07, 6.45) is 6.01. The molecular weight excluding hydrogens is 520 g/mol. The van der Waals surface area contributed by atoms with Crippen molar-refractivity contribution < 1.29 is 9.53 Å². The second kappa shape index (κ2) is 10.8. The van der Waals surface area contributed by atoms with Gasteiger partial charge in [0, 0.05) is 57.7 Å². The molecule has 6 nitrogen and oxygen atoms in total. The van der Waals surface area contributed by atoms with Gasteiger partial charge in [0.1, 0.15) is 11.8 Å². The first-order valence-corrected chi connectivity index (χ1v) is 14.8. The van der Waals surface area contributed by atoms with Gasteiger partial charge in [-0.25, -0.2) is 5.87 Å². The number of likely N-dealkylation sites (N-methyl/N-ethyl adjacent to an activating group) is 1. The van der Waals surface area contributed by atoms with Gasteiger partial charge in [0.2, 0.25) is 0 Å². The molecule has 6 heteroatoms. The molecule has 2 aromatic rings. The lowest BCUT2D eigenvalue weighted by atomic mass is 9.72. The maximum atomic E-state index is 14.0. The van der Waals surface area contributed by atoms with Crippen molar-refractivity contribution in [3.05, 3.63) is 99.1 Å². The molecule has 2 heterocycles. The largest absolute Gasteiger partial charge is 0.762 e. The van der Waals surface area contributed by atoms with Gasteiger partial charge in [-0.3, -0.25) is 4.79 Å². The number of nitriles is 1. The van der Waals surface area contributed by atoms with E-state index in [0.29, 0.717) is 23.3 Å². The average Bonchev–Trinajstić information content (AvgIpc) is 3.34. The second-order valence-electron chi connectivity index (χ2n) is 12.3. The molecule has 0 aromatic heterocycles. The first-order valence-electron chi connectivity index (χ1n) is 14.8. The Morgan fingerprint density at radius 2 is 1.83 bits per heavy atom. The first kappa shape index (κ1) is 29.2. The minimum atomic E-state index is -0.413. The molecule has 3 aliphatic rings. The molecule has 0 radical (unpaired) electrons. The van der Waals surface area contributed by atoms with E-state index in [0.717, 1.165) is 42.1 Å². The maximum Gasteiger partial charge on any atom is 0.194 e. The van der Waals surface area contributed by atoms with E-state index in [1.807, 2.05) is 18.2 Å². The van der Waals surface area contributed by atoms with Crippen molar-refractivity contribution in [1.82, 2.24) is 0 Å². The molecule has 0 N–H and O–H groups in total. The van der Waals surface area contributed by atoms with Crippen LogP contribution in [0.5, 0.6) is 5.75 Å². The van der Waals surface area contributed by atoms with Crippen molar-refractivity contribution in [2.75, 3.05) is 30.0 Å². The van der Waals surface area contributed by atoms with Gasteiger partial charge in [0.15, 0.2) is 5.78 Å². The number of nitrogens with zero attached hydrogens (tertiary/aromatic N) is 4. The highest BCUT2D eigenvalue weighted by molar-refractivity contribution is 6.24. The van der Waals surface area contributed by atoms with Crippen molar-refractivity contribution in [1.29, 1.82) is 5.26 Å². The van der Waals surface area contributed by atoms with Crippen LogP contribution in [0.15, 0.2) is 82.6 Å². The number of rotatable bonds is 8. The minimum Gasteiger partial charge on any atom is -0.762 e. The fourth-order valence-electron chi connectivity index (χ4n) is 6.89. The standard InChI is InChI=1S/C36H39N4O2/c1-8-10-17-40-29-14-12-11-13-27(29)35(3,4)32(40)20-26-33(23(21-37)22-38)25(34(26)41)19-31-36(5,6)28-18-24(42-7)15-16-30(28)39(31)9-2/h11-16,18-20,32H,8-10,17H2,1-7H3/q-1/b26-20-,31-19-. The SMILES string of the molecule is CCCCN1c2ccccc2C(C)(C)C1/C=C1\C(=O)C(/C=C2\N(CC)c3ccc(OC)cc3C2(C)C)=C1C(=C=[N-])C#N. The molecule has 0 bridgehead atoms. The van der Waals surface area contributed by atoms with Crippen LogP contribution in [0.3, 0.4) is 0 Å². The third kappa shape index (κ3) is 4.32. The van der Waals surface area contributed by atoms with Crippen LogP contribution < -0.4 is 14.5 Å². The van der Waals surface area contributed by atoms with E-state index in [9.17, 15) is 15.5 Å². The second-order valence-corrected chi connectivity index (χ2v) is 12.3. The number of anilines is 2. The monoisotopic (exact) mass is 559 g/mol. The highest BCUT2D eigenvalue weighted by Gasteiger charge is 2.46. The van der Waals surface area contributed by atoms with Crippen molar-refractivity contribution in [3.63, 3.8) is 0 Å². The Bertz CT molecular complexity index is 1640. The highest BCUT2D eigenvalue weighted by Crippen LogP contribution is 2.51. The topological polar surface area (TPSA) is 78.9 Å². The Hall–Kier alpha value is -4.33. The number of benzene rings is 2. The van der Waals surface area contributed by atoms with E-state index in [4.69, 9.17) is 4.74 Å². The molecule has 0 spiro atoms. The van der Waals surface area contributed by atoms with Crippen LogP contribution in [0.1, 0.15) is 65.5 Å². The predicted octanol–water partition coefficient (Wildman–Crippen LogP) is 7.16. The van der Waals surface area contributed by atoms with E-state index in [1.165, 1.54) is 11.3 Å². The van der Waals surface area contributed by atoms with Gasteiger partial charge < -0.3 is 19.9 Å². The van der Waals surface area contributed by atoms with Gasteiger partial charge in [0.05, 0.1) is 18.7 Å². The van der Waals surface area contributed by atoms with Crippen molar-refractivity contribution in [2.24, 2.45) is 0 Å². The van der Waals surface area contributed by atoms with Crippen LogP contribution in [0.2, 0.25) is 0 Å².